The van der Waals surface area contributed by atoms with Gasteiger partial charge in [-0.1, -0.05) is 65.2 Å². The summed E-state index contributed by atoms with van der Waals surface area (Å²) in [7, 11) is 3.24. The second-order valence-electron chi connectivity index (χ2n) is 5.57. The Kier molecular flexibility index (Phi) is 8.19. The Labute approximate surface area is 166 Å². The Morgan fingerprint density at radius 3 is 1.46 bits per heavy atom. The maximum atomic E-state index is 11.5. The minimum absolute atomic E-state index is 0.166. The van der Waals surface area contributed by atoms with Crippen molar-refractivity contribution in [1.82, 2.24) is 0 Å². The molecule has 0 amide bonds. The molecule has 0 heterocycles. The van der Waals surface area contributed by atoms with Crippen LogP contribution in [-0.4, -0.2) is 26.9 Å². The Morgan fingerprint density at radius 1 is 0.714 bits per heavy atom. The Bertz CT molecular complexity index is 848. The average molecular weight is 397 g/mol. The zero-order valence-electron chi connectivity index (χ0n) is 16.0. The molecule has 144 valence electrons. The zero-order chi connectivity index (χ0) is 20.4. The number of hydrogen-bond donors (Lipinski definition) is 0. The summed E-state index contributed by atoms with van der Waals surface area (Å²) in [5.74, 6) is 1.06. The Hall–Kier alpha value is -3.17. The summed E-state index contributed by atoms with van der Waals surface area (Å²) in [6, 6.07) is 23.9. The van der Waals surface area contributed by atoms with Gasteiger partial charge in [-0.3, -0.25) is 0 Å². The van der Waals surface area contributed by atoms with Crippen LogP contribution in [0.25, 0.3) is 11.1 Å². The molecule has 0 fully saturated rings. The molecule has 5 nitrogen and oxygen atoms in total. The van der Waals surface area contributed by atoms with E-state index in [-0.39, 0.29) is 17.1 Å². The number of hydrogen-bond acceptors (Lipinski definition) is 5. The van der Waals surface area contributed by atoms with E-state index in [2.05, 4.69) is 48.5 Å². The van der Waals surface area contributed by atoms with Gasteiger partial charge in [-0.25, -0.2) is 4.79 Å². The maximum Gasteiger partial charge on any atom is 0.406 e. The van der Waals surface area contributed by atoms with Crippen LogP contribution in [0, 0.1) is 0 Å². The van der Waals surface area contributed by atoms with E-state index in [4.69, 9.17) is 14.2 Å². The van der Waals surface area contributed by atoms with E-state index in [0.29, 0.717) is 5.75 Å². The summed E-state index contributed by atoms with van der Waals surface area (Å²) < 4.78 is 25.8. The molecular weight excluding hydrogens is 375 g/mol. The molecule has 1 atom stereocenters. The molecule has 0 aliphatic carbocycles. The van der Waals surface area contributed by atoms with Gasteiger partial charge in [-0.05, 0) is 11.1 Å². The average Bonchev–Trinajstić information content (AvgIpc) is 2.79. The van der Waals surface area contributed by atoms with Crippen LogP contribution in [-0.2, 0) is 4.57 Å². The number of benzene rings is 3. The minimum Gasteiger partial charge on any atom is -0.496 e. The van der Waals surface area contributed by atoms with Gasteiger partial charge in [0.25, 0.3) is 0 Å². The lowest BCUT2D eigenvalue weighted by molar-refractivity contribution is 0.107. The van der Waals surface area contributed by atoms with Gasteiger partial charge in [0.15, 0.2) is 5.56 Å². The highest BCUT2D eigenvalue weighted by Gasteiger charge is 2.25. The summed E-state index contributed by atoms with van der Waals surface area (Å²) in [5.41, 5.74) is 2.17. The molecule has 0 aromatic heterocycles. The smallest absolute Gasteiger partial charge is 0.406 e. The summed E-state index contributed by atoms with van der Waals surface area (Å²) >= 11 is 0. The van der Waals surface area contributed by atoms with Crippen LogP contribution >= 0.6 is 8.46 Å². The fraction of sp³-hybridized carbons (Fsp3) is 0.136. The van der Waals surface area contributed by atoms with Crippen molar-refractivity contribution < 1.29 is 23.6 Å². The minimum atomic E-state index is -1.08. The highest BCUT2D eigenvalue weighted by atomic mass is 31.1. The molecule has 28 heavy (non-hydrogen) atoms. The first-order chi connectivity index (χ1) is 13.6. The molecule has 3 aromatic rings. The van der Waals surface area contributed by atoms with E-state index in [1.54, 1.807) is 0 Å². The first kappa shape index (κ1) is 21.1. The third kappa shape index (κ3) is 5.41. The van der Waals surface area contributed by atoms with Crippen LogP contribution in [0.3, 0.4) is 0 Å². The first-order valence-electron chi connectivity index (χ1n) is 8.47. The van der Waals surface area contributed by atoms with E-state index < -0.39 is 14.0 Å². The third-order valence-corrected chi connectivity index (χ3v) is 4.35. The van der Waals surface area contributed by atoms with Crippen LogP contribution in [0.4, 0.5) is 0 Å². The van der Waals surface area contributed by atoms with Crippen LogP contribution < -0.4 is 14.2 Å². The second kappa shape index (κ2) is 10.9. The third-order valence-electron chi connectivity index (χ3n) is 3.92. The molecule has 1 unspecified atom stereocenters. The first-order valence-corrected chi connectivity index (χ1v) is 9.38. The van der Waals surface area contributed by atoms with Gasteiger partial charge in [0.05, 0.1) is 21.3 Å². The molecule has 0 saturated heterocycles. The van der Waals surface area contributed by atoms with Gasteiger partial charge in [-0.15, -0.1) is 0 Å². The predicted molar refractivity (Wildman–Crippen MR) is 111 cm³/mol. The highest BCUT2D eigenvalue weighted by molar-refractivity contribution is 7.47. The van der Waals surface area contributed by atoms with Crippen molar-refractivity contribution in [3.63, 3.8) is 0 Å². The molecule has 3 rings (SSSR count). The van der Waals surface area contributed by atoms with Gasteiger partial charge in [-0.2, -0.15) is 0 Å². The van der Waals surface area contributed by atoms with Crippen molar-refractivity contribution in [2.45, 2.75) is 0 Å². The topological polar surface area (TPSA) is 61.8 Å². The van der Waals surface area contributed by atoms with Crippen molar-refractivity contribution in [1.29, 1.82) is 0 Å². The highest BCUT2D eigenvalue weighted by Crippen LogP contribution is 2.36. The van der Waals surface area contributed by atoms with E-state index in [1.807, 2.05) is 12.1 Å². The van der Waals surface area contributed by atoms with E-state index >= 15 is 0 Å². The molecule has 0 bridgehead atoms. The van der Waals surface area contributed by atoms with Crippen molar-refractivity contribution >= 4 is 14.0 Å². The van der Waals surface area contributed by atoms with Gasteiger partial charge in [0, 0.05) is 12.1 Å². The molecule has 0 spiro atoms. The van der Waals surface area contributed by atoms with Gasteiger partial charge in [0.2, 0.25) is 0 Å². The molecule has 0 N–H and O–H groups in total. The summed E-state index contributed by atoms with van der Waals surface area (Å²) in [6.07, 6.45) is 0. The Balaban J connectivity index is 0.000000207. The molecule has 0 radical (unpaired) electrons. The number of rotatable bonds is 6. The van der Waals surface area contributed by atoms with Gasteiger partial charge >= 0.3 is 14.0 Å². The summed E-state index contributed by atoms with van der Waals surface area (Å²) in [6.45, 7) is 0. The van der Waals surface area contributed by atoms with Crippen LogP contribution in [0.2, 0.25) is 0 Å². The lowest BCUT2D eigenvalue weighted by Crippen LogP contribution is -2.00. The number of carbonyl (C=O) groups is 1. The normalized spacial score (nSPS) is 9.82. The largest absolute Gasteiger partial charge is 0.496 e. The standard InChI is InChI=1S/C12H10.C10H11O5P/c1-3-7-11(8-4-1)12-9-5-2-6-10-12;1-13-6-4-7(14-2)9(10(11)16-12)8(5-6)15-3/h1-10H;4-5H,1-3H3/p+1. The summed E-state index contributed by atoms with van der Waals surface area (Å²) in [4.78, 5) is 11.5. The van der Waals surface area contributed by atoms with E-state index in [1.165, 1.54) is 44.6 Å². The molecule has 3 aromatic carbocycles. The van der Waals surface area contributed by atoms with Crippen LogP contribution in [0.15, 0.2) is 72.8 Å². The SMILES string of the molecule is COc1cc(OC)c(C(=O)[PH+]=O)c(OC)c1.c1ccc(-c2ccccc2)cc1. The lowest BCUT2D eigenvalue weighted by Gasteiger charge is -2.10. The molecule has 6 heteroatoms. The van der Waals surface area contributed by atoms with Crippen molar-refractivity contribution in [2.75, 3.05) is 21.3 Å². The Morgan fingerprint density at radius 2 is 1.14 bits per heavy atom. The van der Waals surface area contributed by atoms with E-state index in [9.17, 15) is 9.36 Å². The molecular formula is C22H22O5P+. The number of ether oxygens (including phenoxy) is 3. The zero-order valence-corrected chi connectivity index (χ0v) is 17.0. The molecule has 0 aliphatic rings. The maximum absolute atomic E-state index is 11.5. The fourth-order valence-electron chi connectivity index (χ4n) is 2.54. The molecule has 0 aliphatic heterocycles. The van der Waals surface area contributed by atoms with Crippen LogP contribution in [0.1, 0.15) is 10.4 Å². The van der Waals surface area contributed by atoms with Gasteiger partial charge < -0.3 is 14.2 Å². The van der Waals surface area contributed by atoms with Crippen molar-refractivity contribution in [2.24, 2.45) is 0 Å². The summed E-state index contributed by atoms with van der Waals surface area (Å²) in [5, 5.41) is 0. The van der Waals surface area contributed by atoms with E-state index in [0.717, 1.165) is 0 Å². The van der Waals surface area contributed by atoms with Gasteiger partial charge in [0.1, 0.15) is 17.2 Å². The number of methoxy groups -OCH3 is 3. The van der Waals surface area contributed by atoms with Crippen molar-refractivity contribution in [3.8, 4) is 28.4 Å². The van der Waals surface area contributed by atoms with Crippen molar-refractivity contribution in [3.05, 3.63) is 78.4 Å². The lowest BCUT2D eigenvalue weighted by atomic mass is 10.1. The monoisotopic (exact) mass is 397 g/mol. The fourth-order valence-corrected chi connectivity index (χ4v) is 2.89. The van der Waals surface area contributed by atoms with Crippen LogP contribution in [0.5, 0.6) is 17.2 Å². The predicted octanol–water partition coefficient (Wildman–Crippen LogP) is 5.23. The second-order valence-corrected chi connectivity index (χ2v) is 6.23. The molecule has 0 saturated carbocycles. The quantitative estimate of drug-likeness (QED) is 0.533. The number of carbonyl (C=O) groups excluding carboxylic acids is 1.